The Bertz CT molecular complexity index is 1020. The Morgan fingerprint density at radius 2 is 1.68 bits per heavy atom. The second-order valence-corrected chi connectivity index (χ2v) is 6.46. The van der Waals surface area contributed by atoms with E-state index in [4.69, 9.17) is 0 Å². The highest BCUT2D eigenvalue weighted by Gasteiger charge is 2.30. The lowest BCUT2D eigenvalue weighted by atomic mass is 9.90. The molecular weight excluding hydrogens is 308 g/mol. The van der Waals surface area contributed by atoms with Crippen LogP contribution in [0.25, 0.3) is 10.8 Å². The molecule has 0 aliphatic carbocycles. The van der Waals surface area contributed by atoms with Crippen molar-refractivity contribution >= 4 is 16.7 Å². The quantitative estimate of drug-likeness (QED) is 0.586. The first kappa shape index (κ1) is 14.2. The number of nitrogens with one attached hydrogen (secondary N) is 1. The third-order valence-corrected chi connectivity index (χ3v) is 5.01. The van der Waals surface area contributed by atoms with Crippen molar-refractivity contribution in [1.82, 2.24) is 14.8 Å². The number of fused-ring (bicyclic) bond motifs is 2. The molecule has 0 radical (unpaired) electrons. The van der Waals surface area contributed by atoms with Gasteiger partial charge in [0.25, 0.3) is 0 Å². The van der Waals surface area contributed by atoms with E-state index < -0.39 is 0 Å². The molecule has 1 aliphatic heterocycles. The Hall–Kier alpha value is -3.14. The lowest BCUT2D eigenvalue weighted by Crippen LogP contribution is -2.28. The summed E-state index contributed by atoms with van der Waals surface area (Å²) in [6.07, 6.45) is 2.57. The van der Waals surface area contributed by atoms with Crippen molar-refractivity contribution in [2.45, 2.75) is 18.5 Å². The van der Waals surface area contributed by atoms with E-state index >= 15 is 0 Å². The summed E-state index contributed by atoms with van der Waals surface area (Å²) < 4.78 is 2.02. The molecule has 4 nitrogen and oxygen atoms in total. The van der Waals surface area contributed by atoms with Gasteiger partial charge in [-0.1, -0.05) is 72.8 Å². The largest absolute Gasteiger partial charge is 0.348 e. The molecule has 3 aromatic carbocycles. The van der Waals surface area contributed by atoms with Gasteiger partial charge in [-0.25, -0.2) is 4.68 Å². The Labute approximate surface area is 146 Å². The van der Waals surface area contributed by atoms with Crippen molar-refractivity contribution in [3.63, 3.8) is 0 Å². The highest BCUT2D eigenvalue weighted by Crippen LogP contribution is 2.39. The lowest BCUT2D eigenvalue weighted by Gasteiger charge is -2.32. The number of hydrogen-bond donors (Lipinski definition) is 1. The zero-order valence-electron chi connectivity index (χ0n) is 13.7. The Morgan fingerprint density at radius 3 is 2.60 bits per heavy atom. The molecule has 0 saturated heterocycles. The van der Waals surface area contributed by atoms with Crippen molar-refractivity contribution in [2.24, 2.45) is 0 Å². The number of anilines is 1. The van der Waals surface area contributed by atoms with Gasteiger partial charge in [-0.3, -0.25) is 0 Å². The van der Waals surface area contributed by atoms with E-state index in [-0.39, 0.29) is 12.1 Å². The number of hydrogen-bond acceptors (Lipinski definition) is 3. The predicted molar refractivity (Wildman–Crippen MR) is 99.5 cm³/mol. The second-order valence-electron chi connectivity index (χ2n) is 6.46. The summed E-state index contributed by atoms with van der Waals surface area (Å²) in [4.78, 5) is 4.43. The summed E-state index contributed by atoms with van der Waals surface area (Å²) >= 11 is 0. The zero-order chi connectivity index (χ0) is 16.6. The molecule has 0 fully saturated rings. The summed E-state index contributed by atoms with van der Waals surface area (Å²) in [6.45, 7) is 0. The topological polar surface area (TPSA) is 42.7 Å². The highest BCUT2D eigenvalue weighted by atomic mass is 15.4. The average molecular weight is 326 g/mol. The molecule has 122 valence electrons. The maximum Gasteiger partial charge on any atom is 0.222 e. The second kappa shape index (κ2) is 5.74. The molecule has 4 heteroatoms. The van der Waals surface area contributed by atoms with Gasteiger partial charge in [-0.15, -0.1) is 0 Å². The van der Waals surface area contributed by atoms with Crippen LogP contribution in [0.2, 0.25) is 0 Å². The van der Waals surface area contributed by atoms with Gasteiger partial charge in [-0.2, -0.15) is 10.1 Å². The van der Waals surface area contributed by atoms with Gasteiger partial charge in [0.05, 0.1) is 12.1 Å². The predicted octanol–water partition coefficient (Wildman–Crippen LogP) is 4.58. The van der Waals surface area contributed by atoms with E-state index in [1.54, 1.807) is 6.33 Å². The first-order valence-corrected chi connectivity index (χ1v) is 8.59. The molecule has 0 bridgehead atoms. The molecule has 1 aromatic heterocycles. The molecule has 2 atom stereocenters. The van der Waals surface area contributed by atoms with Crippen molar-refractivity contribution in [1.29, 1.82) is 0 Å². The average Bonchev–Trinajstić information content (AvgIpc) is 3.16. The molecule has 2 heterocycles. The Kier molecular flexibility index (Phi) is 3.27. The van der Waals surface area contributed by atoms with Crippen LogP contribution in [0.4, 0.5) is 5.95 Å². The minimum atomic E-state index is 0.162. The fourth-order valence-electron chi connectivity index (χ4n) is 3.82. The summed E-state index contributed by atoms with van der Waals surface area (Å²) in [6, 6.07) is 26.0. The Balaban J connectivity index is 1.65. The SMILES string of the molecule is c1ccc([C@H]2C[C@@H](c3cccc4ccccc34)n3ncnc3N2)cc1. The van der Waals surface area contributed by atoms with Crippen LogP contribution in [0.1, 0.15) is 29.6 Å². The molecule has 0 unspecified atom stereocenters. The van der Waals surface area contributed by atoms with Crippen molar-refractivity contribution < 1.29 is 0 Å². The fourth-order valence-corrected chi connectivity index (χ4v) is 3.82. The fraction of sp³-hybridized carbons (Fsp3) is 0.143. The zero-order valence-corrected chi connectivity index (χ0v) is 13.7. The normalized spacial score (nSPS) is 19.4. The van der Waals surface area contributed by atoms with E-state index in [2.05, 4.69) is 88.2 Å². The minimum Gasteiger partial charge on any atom is -0.348 e. The van der Waals surface area contributed by atoms with Gasteiger partial charge in [-0.05, 0) is 28.3 Å². The number of rotatable bonds is 2. The van der Waals surface area contributed by atoms with Gasteiger partial charge in [0.1, 0.15) is 6.33 Å². The molecule has 25 heavy (non-hydrogen) atoms. The van der Waals surface area contributed by atoms with Crippen LogP contribution in [0.5, 0.6) is 0 Å². The molecule has 5 rings (SSSR count). The highest BCUT2D eigenvalue weighted by molar-refractivity contribution is 5.86. The molecule has 0 spiro atoms. The smallest absolute Gasteiger partial charge is 0.222 e. The van der Waals surface area contributed by atoms with E-state index in [0.29, 0.717) is 0 Å². The maximum atomic E-state index is 4.49. The summed E-state index contributed by atoms with van der Waals surface area (Å²) in [5.74, 6) is 0.832. The number of aromatic nitrogens is 3. The monoisotopic (exact) mass is 326 g/mol. The molecule has 1 aliphatic rings. The van der Waals surface area contributed by atoms with Crippen LogP contribution < -0.4 is 5.32 Å². The first-order chi connectivity index (χ1) is 12.4. The van der Waals surface area contributed by atoms with Gasteiger partial charge in [0, 0.05) is 0 Å². The molecule has 4 aromatic rings. The van der Waals surface area contributed by atoms with Crippen molar-refractivity contribution in [2.75, 3.05) is 5.32 Å². The lowest BCUT2D eigenvalue weighted by molar-refractivity contribution is 0.433. The van der Waals surface area contributed by atoms with Gasteiger partial charge in [0.2, 0.25) is 5.95 Å². The van der Waals surface area contributed by atoms with Crippen LogP contribution in [-0.2, 0) is 0 Å². The molecule has 1 N–H and O–H groups in total. The Morgan fingerprint density at radius 1 is 0.880 bits per heavy atom. The van der Waals surface area contributed by atoms with Crippen molar-refractivity contribution in [3.8, 4) is 0 Å². The summed E-state index contributed by atoms with van der Waals surface area (Å²) in [5.41, 5.74) is 2.58. The van der Waals surface area contributed by atoms with Crippen LogP contribution >= 0.6 is 0 Å². The van der Waals surface area contributed by atoms with Crippen LogP contribution in [0, 0.1) is 0 Å². The first-order valence-electron chi connectivity index (χ1n) is 8.59. The number of nitrogens with zero attached hydrogens (tertiary/aromatic N) is 3. The van der Waals surface area contributed by atoms with Gasteiger partial charge >= 0.3 is 0 Å². The standard InChI is InChI=1S/C21H18N4/c1-2-8-16(9-3-1)19-13-20(25-21(24-19)22-14-23-25)18-12-6-10-15-7-4-5-11-17(15)18/h1-12,14,19-20H,13H2,(H,22,23,24)/t19-,20+/m1/s1. The van der Waals surface area contributed by atoms with E-state index in [1.807, 2.05) is 4.68 Å². The van der Waals surface area contributed by atoms with Crippen LogP contribution in [0.3, 0.4) is 0 Å². The minimum absolute atomic E-state index is 0.162. The molecule has 0 amide bonds. The number of benzene rings is 3. The van der Waals surface area contributed by atoms with Crippen LogP contribution in [0.15, 0.2) is 79.1 Å². The van der Waals surface area contributed by atoms with Gasteiger partial charge < -0.3 is 5.32 Å². The van der Waals surface area contributed by atoms with Crippen LogP contribution in [-0.4, -0.2) is 14.8 Å². The molecule has 0 saturated carbocycles. The van der Waals surface area contributed by atoms with E-state index in [9.17, 15) is 0 Å². The van der Waals surface area contributed by atoms with E-state index in [0.717, 1.165) is 12.4 Å². The maximum absolute atomic E-state index is 4.49. The third-order valence-electron chi connectivity index (χ3n) is 5.01. The third kappa shape index (κ3) is 2.38. The molecular formula is C21H18N4. The summed E-state index contributed by atoms with van der Waals surface area (Å²) in [5, 5.41) is 10.6. The van der Waals surface area contributed by atoms with E-state index in [1.165, 1.54) is 21.9 Å². The summed E-state index contributed by atoms with van der Waals surface area (Å²) in [7, 11) is 0. The van der Waals surface area contributed by atoms with Gasteiger partial charge in [0.15, 0.2) is 0 Å². The van der Waals surface area contributed by atoms with Crippen molar-refractivity contribution in [3.05, 3.63) is 90.3 Å².